The number of H-pyrrole nitrogens is 1. The Kier molecular flexibility index (Phi) is 5.28. The number of carbonyl (C=O) groups excluding carboxylic acids is 1. The van der Waals surface area contributed by atoms with Gasteiger partial charge < -0.3 is 24.2 Å². The van der Waals surface area contributed by atoms with E-state index in [1.54, 1.807) is 18.4 Å². The van der Waals surface area contributed by atoms with Crippen LogP contribution in [0.25, 0.3) is 11.1 Å². The summed E-state index contributed by atoms with van der Waals surface area (Å²) >= 11 is 0. The minimum absolute atomic E-state index is 0.151. The molecule has 2 N–H and O–H groups in total. The Morgan fingerprint density at radius 3 is 2.68 bits per heavy atom. The topological polar surface area (TPSA) is 76.5 Å². The zero-order chi connectivity index (χ0) is 17.6. The lowest BCUT2D eigenvalue weighted by atomic mass is 10.1. The Hall–Kier alpha value is -2.89. The van der Waals surface area contributed by atoms with Crippen LogP contribution in [0.1, 0.15) is 29.9 Å². The van der Waals surface area contributed by atoms with E-state index in [2.05, 4.69) is 10.3 Å². The maximum atomic E-state index is 12.2. The maximum Gasteiger partial charge on any atom is 0.267 e. The van der Waals surface area contributed by atoms with Crippen LogP contribution in [0.4, 0.5) is 0 Å². The summed E-state index contributed by atoms with van der Waals surface area (Å²) < 4.78 is 16.4. The van der Waals surface area contributed by atoms with Crippen molar-refractivity contribution in [3.05, 3.63) is 47.9 Å². The molecule has 0 aliphatic rings. The molecule has 0 radical (unpaired) electrons. The number of ether oxygens (including phenoxy) is 2. The molecule has 6 nitrogen and oxygen atoms in total. The van der Waals surface area contributed by atoms with Crippen molar-refractivity contribution < 1.29 is 18.7 Å². The van der Waals surface area contributed by atoms with E-state index in [1.165, 1.54) is 0 Å². The van der Waals surface area contributed by atoms with Crippen LogP contribution < -0.4 is 14.8 Å². The van der Waals surface area contributed by atoms with E-state index >= 15 is 0 Å². The van der Waals surface area contributed by atoms with Gasteiger partial charge in [0.2, 0.25) is 0 Å². The second kappa shape index (κ2) is 7.79. The number of furan rings is 1. The highest BCUT2D eigenvalue weighted by Crippen LogP contribution is 2.28. The summed E-state index contributed by atoms with van der Waals surface area (Å²) in [5, 5.41) is 2.91. The Labute approximate surface area is 146 Å². The molecule has 0 unspecified atom stereocenters. The Morgan fingerprint density at radius 1 is 1.12 bits per heavy atom. The number of nitrogens with one attached hydrogen (secondary N) is 2. The molecule has 0 atom stereocenters. The molecule has 2 heterocycles. The van der Waals surface area contributed by atoms with Gasteiger partial charge in [0.25, 0.3) is 5.91 Å². The number of aromatic nitrogens is 1. The summed E-state index contributed by atoms with van der Waals surface area (Å²) in [4.78, 5) is 15.2. The molecule has 0 aliphatic carbocycles. The number of benzene rings is 1. The molecule has 6 heteroatoms. The normalized spacial score (nSPS) is 10.8. The van der Waals surface area contributed by atoms with E-state index in [-0.39, 0.29) is 5.91 Å². The summed E-state index contributed by atoms with van der Waals surface area (Å²) in [6, 6.07) is 9.35. The van der Waals surface area contributed by atoms with Crippen LogP contribution >= 0.6 is 0 Å². The molecular formula is C19H22N2O4. The predicted octanol–water partition coefficient (Wildman–Crippen LogP) is 3.53. The van der Waals surface area contributed by atoms with Crippen molar-refractivity contribution in [3.8, 4) is 11.5 Å². The SMILES string of the molecule is CCOc1ccc(CCNC(=O)c2cc3occc3[nH]2)cc1OCC. The smallest absolute Gasteiger partial charge is 0.267 e. The molecule has 0 saturated carbocycles. The Morgan fingerprint density at radius 2 is 1.92 bits per heavy atom. The lowest BCUT2D eigenvalue weighted by molar-refractivity contribution is 0.0950. The average molecular weight is 342 g/mol. The third-order valence-corrected chi connectivity index (χ3v) is 3.79. The number of aromatic amines is 1. The van der Waals surface area contributed by atoms with Crippen LogP contribution in [-0.4, -0.2) is 30.6 Å². The van der Waals surface area contributed by atoms with E-state index in [1.807, 2.05) is 32.0 Å². The van der Waals surface area contributed by atoms with Crippen LogP contribution in [0.15, 0.2) is 41.0 Å². The van der Waals surface area contributed by atoms with Gasteiger partial charge in [0.05, 0.1) is 25.0 Å². The second-order valence-electron chi connectivity index (χ2n) is 5.53. The van der Waals surface area contributed by atoms with Gasteiger partial charge in [-0.15, -0.1) is 0 Å². The van der Waals surface area contributed by atoms with E-state index in [9.17, 15) is 4.79 Å². The summed E-state index contributed by atoms with van der Waals surface area (Å²) in [5.41, 5.74) is 3.07. The van der Waals surface area contributed by atoms with Gasteiger partial charge in [-0.2, -0.15) is 0 Å². The highest BCUT2D eigenvalue weighted by atomic mass is 16.5. The fraction of sp³-hybridized carbons (Fsp3) is 0.316. The van der Waals surface area contributed by atoms with Crippen molar-refractivity contribution in [2.75, 3.05) is 19.8 Å². The zero-order valence-corrected chi connectivity index (χ0v) is 14.4. The molecule has 0 bridgehead atoms. The highest BCUT2D eigenvalue weighted by molar-refractivity contribution is 5.96. The van der Waals surface area contributed by atoms with Gasteiger partial charge >= 0.3 is 0 Å². The minimum atomic E-state index is -0.151. The van der Waals surface area contributed by atoms with E-state index in [0.29, 0.717) is 37.5 Å². The molecule has 1 aromatic carbocycles. The van der Waals surface area contributed by atoms with E-state index in [4.69, 9.17) is 13.9 Å². The molecule has 1 amide bonds. The first kappa shape index (κ1) is 17.0. The number of fused-ring (bicyclic) bond motifs is 1. The predicted molar refractivity (Wildman–Crippen MR) is 95.4 cm³/mol. The molecule has 25 heavy (non-hydrogen) atoms. The van der Waals surface area contributed by atoms with Crippen LogP contribution in [0.2, 0.25) is 0 Å². The van der Waals surface area contributed by atoms with Crippen molar-refractivity contribution >= 4 is 17.0 Å². The van der Waals surface area contributed by atoms with Gasteiger partial charge in [-0.05, 0) is 38.0 Å². The number of amides is 1. The summed E-state index contributed by atoms with van der Waals surface area (Å²) in [6.07, 6.45) is 2.29. The molecule has 132 valence electrons. The van der Waals surface area contributed by atoms with Crippen molar-refractivity contribution in [1.82, 2.24) is 10.3 Å². The number of carbonyl (C=O) groups is 1. The van der Waals surface area contributed by atoms with Gasteiger partial charge in [0.15, 0.2) is 17.1 Å². The zero-order valence-electron chi connectivity index (χ0n) is 14.4. The minimum Gasteiger partial charge on any atom is -0.490 e. The number of hydrogen-bond donors (Lipinski definition) is 2. The molecule has 2 aromatic heterocycles. The largest absolute Gasteiger partial charge is 0.490 e. The summed E-state index contributed by atoms with van der Waals surface area (Å²) in [7, 11) is 0. The maximum absolute atomic E-state index is 12.2. The van der Waals surface area contributed by atoms with Crippen molar-refractivity contribution in [2.45, 2.75) is 20.3 Å². The van der Waals surface area contributed by atoms with E-state index in [0.717, 1.165) is 22.6 Å². The fourth-order valence-electron chi connectivity index (χ4n) is 2.64. The van der Waals surface area contributed by atoms with Gasteiger partial charge in [0, 0.05) is 18.7 Å². The molecule has 3 aromatic rings. The lowest BCUT2D eigenvalue weighted by Crippen LogP contribution is -2.25. The average Bonchev–Trinajstić information content (AvgIpc) is 3.19. The molecule has 0 spiro atoms. The molecule has 0 saturated heterocycles. The Bertz CT molecular complexity index is 822. The second-order valence-corrected chi connectivity index (χ2v) is 5.53. The quantitative estimate of drug-likeness (QED) is 0.656. The van der Waals surface area contributed by atoms with Crippen molar-refractivity contribution in [2.24, 2.45) is 0 Å². The Balaban J connectivity index is 1.58. The molecule has 0 fully saturated rings. The third kappa shape index (κ3) is 3.96. The first-order valence-electron chi connectivity index (χ1n) is 8.44. The highest BCUT2D eigenvalue weighted by Gasteiger charge is 2.11. The lowest BCUT2D eigenvalue weighted by Gasteiger charge is -2.12. The van der Waals surface area contributed by atoms with Crippen molar-refractivity contribution in [1.29, 1.82) is 0 Å². The first-order chi connectivity index (χ1) is 12.2. The third-order valence-electron chi connectivity index (χ3n) is 3.79. The van der Waals surface area contributed by atoms with Crippen LogP contribution in [0, 0.1) is 0 Å². The number of rotatable bonds is 8. The van der Waals surface area contributed by atoms with Gasteiger partial charge in [-0.3, -0.25) is 4.79 Å². The fourth-order valence-corrected chi connectivity index (χ4v) is 2.64. The van der Waals surface area contributed by atoms with Crippen molar-refractivity contribution in [3.63, 3.8) is 0 Å². The molecule has 0 aliphatic heterocycles. The monoisotopic (exact) mass is 342 g/mol. The number of hydrogen-bond acceptors (Lipinski definition) is 4. The van der Waals surface area contributed by atoms with Gasteiger partial charge in [0.1, 0.15) is 5.69 Å². The molecular weight excluding hydrogens is 320 g/mol. The summed E-state index contributed by atoms with van der Waals surface area (Å²) in [5.74, 6) is 1.33. The van der Waals surface area contributed by atoms with E-state index < -0.39 is 0 Å². The molecule has 3 rings (SSSR count). The standard InChI is InChI=1S/C19H22N2O4/c1-3-23-16-6-5-13(11-18(16)24-4-2)7-9-20-19(22)15-12-17-14(21-15)8-10-25-17/h5-6,8,10-12,21H,3-4,7,9H2,1-2H3,(H,20,22). The van der Waals surface area contributed by atoms with Gasteiger partial charge in [-0.1, -0.05) is 6.07 Å². The van der Waals surface area contributed by atoms with Crippen LogP contribution in [-0.2, 0) is 6.42 Å². The first-order valence-corrected chi connectivity index (χ1v) is 8.44. The van der Waals surface area contributed by atoms with Crippen LogP contribution in [0.3, 0.4) is 0 Å². The summed E-state index contributed by atoms with van der Waals surface area (Å²) in [6.45, 7) is 5.58. The van der Waals surface area contributed by atoms with Gasteiger partial charge in [-0.25, -0.2) is 0 Å². The van der Waals surface area contributed by atoms with Crippen LogP contribution in [0.5, 0.6) is 11.5 Å².